The van der Waals surface area contributed by atoms with Crippen LogP contribution in [-0.4, -0.2) is 0 Å². The van der Waals surface area contributed by atoms with Crippen LogP contribution in [0.2, 0.25) is 0 Å². The van der Waals surface area contributed by atoms with Gasteiger partial charge in [0, 0.05) is 0 Å². The van der Waals surface area contributed by atoms with Gasteiger partial charge in [-0.25, -0.2) is 4.39 Å². The lowest BCUT2D eigenvalue weighted by Crippen LogP contribution is -2.13. The summed E-state index contributed by atoms with van der Waals surface area (Å²) in [5.74, 6) is 1.55. The first kappa shape index (κ1) is 20.8. The smallest absolute Gasteiger partial charge is 0.127 e. The standard InChI is InChI=1S/C27H35F/c1-3-5-7-8-21-10-12-22(13-11-21)23-14-16-24(17-15-23)26-19-18-25(9-6-4-2)27(28)20-26/h4,14-22H,2-3,5-13H2,1H3. The first-order valence-corrected chi connectivity index (χ1v) is 11.2. The molecule has 3 rings (SSSR count). The monoisotopic (exact) mass is 378 g/mol. The number of unbranched alkanes of at least 4 members (excludes halogenated alkanes) is 2. The Labute approximate surface area is 170 Å². The fourth-order valence-corrected chi connectivity index (χ4v) is 4.60. The normalized spacial score (nSPS) is 19.5. The summed E-state index contributed by atoms with van der Waals surface area (Å²) in [5, 5.41) is 0. The zero-order chi connectivity index (χ0) is 19.8. The van der Waals surface area contributed by atoms with Gasteiger partial charge in [0.15, 0.2) is 0 Å². The van der Waals surface area contributed by atoms with E-state index in [0.717, 1.165) is 35.4 Å². The molecule has 150 valence electrons. The predicted molar refractivity (Wildman–Crippen MR) is 119 cm³/mol. The molecule has 0 amide bonds. The molecule has 0 atom stereocenters. The van der Waals surface area contributed by atoms with Crippen molar-refractivity contribution < 1.29 is 4.39 Å². The molecule has 0 spiro atoms. The van der Waals surface area contributed by atoms with Crippen molar-refractivity contribution in [3.05, 3.63) is 72.1 Å². The second kappa shape index (κ2) is 10.6. The molecule has 1 fully saturated rings. The first-order valence-electron chi connectivity index (χ1n) is 11.2. The fourth-order valence-electron chi connectivity index (χ4n) is 4.60. The Balaban J connectivity index is 1.58. The third-order valence-corrected chi connectivity index (χ3v) is 6.45. The van der Waals surface area contributed by atoms with Crippen LogP contribution in [0.25, 0.3) is 11.1 Å². The molecule has 1 heteroatoms. The van der Waals surface area contributed by atoms with Crippen LogP contribution in [0.3, 0.4) is 0 Å². The molecule has 0 aromatic heterocycles. The maximum Gasteiger partial charge on any atom is 0.127 e. The third kappa shape index (κ3) is 5.56. The summed E-state index contributed by atoms with van der Waals surface area (Å²) in [6, 6.07) is 14.5. The second-order valence-electron chi connectivity index (χ2n) is 8.47. The van der Waals surface area contributed by atoms with Crippen LogP contribution in [0, 0.1) is 11.7 Å². The first-order chi connectivity index (χ1) is 13.7. The fraction of sp³-hybridized carbons (Fsp3) is 0.481. The maximum atomic E-state index is 14.3. The molecule has 2 aromatic carbocycles. The largest absolute Gasteiger partial charge is 0.207 e. The van der Waals surface area contributed by atoms with E-state index >= 15 is 0 Å². The Morgan fingerprint density at radius 1 is 0.964 bits per heavy atom. The van der Waals surface area contributed by atoms with Crippen molar-refractivity contribution in [3.8, 4) is 11.1 Å². The van der Waals surface area contributed by atoms with E-state index in [1.54, 1.807) is 6.07 Å². The number of benzene rings is 2. The lowest BCUT2D eigenvalue weighted by molar-refractivity contribution is 0.303. The van der Waals surface area contributed by atoms with Gasteiger partial charge in [0.2, 0.25) is 0 Å². The number of hydrogen-bond acceptors (Lipinski definition) is 0. The Hall–Kier alpha value is -1.89. The Kier molecular flexibility index (Phi) is 7.89. The van der Waals surface area contributed by atoms with Crippen molar-refractivity contribution in [1.29, 1.82) is 0 Å². The van der Waals surface area contributed by atoms with E-state index in [-0.39, 0.29) is 5.82 Å². The minimum Gasteiger partial charge on any atom is -0.207 e. The van der Waals surface area contributed by atoms with Crippen molar-refractivity contribution >= 4 is 0 Å². The topological polar surface area (TPSA) is 0 Å². The Morgan fingerprint density at radius 3 is 2.32 bits per heavy atom. The highest BCUT2D eigenvalue weighted by molar-refractivity contribution is 5.64. The van der Waals surface area contributed by atoms with Crippen molar-refractivity contribution in [1.82, 2.24) is 0 Å². The Morgan fingerprint density at radius 2 is 1.68 bits per heavy atom. The molecule has 0 nitrogen and oxygen atoms in total. The van der Waals surface area contributed by atoms with Crippen LogP contribution in [0.1, 0.15) is 81.8 Å². The van der Waals surface area contributed by atoms with Crippen molar-refractivity contribution in [2.75, 3.05) is 0 Å². The van der Waals surface area contributed by atoms with Crippen molar-refractivity contribution in [2.45, 2.75) is 77.0 Å². The van der Waals surface area contributed by atoms with Gasteiger partial charge < -0.3 is 0 Å². The molecule has 1 aliphatic carbocycles. The summed E-state index contributed by atoms with van der Waals surface area (Å²) in [7, 11) is 0. The number of halogens is 1. The van der Waals surface area contributed by atoms with Crippen LogP contribution in [0.15, 0.2) is 55.1 Å². The summed E-state index contributed by atoms with van der Waals surface area (Å²) in [6.07, 6.45) is 14.3. The minimum atomic E-state index is -0.107. The molecule has 0 saturated heterocycles. The number of allylic oxidation sites excluding steroid dienone is 1. The molecule has 0 aliphatic heterocycles. The molecular formula is C27H35F. The van der Waals surface area contributed by atoms with E-state index < -0.39 is 0 Å². The lowest BCUT2D eigenvalue weighted by Gasteiger charge is -2.29. The summed E-state index contributed by atoms with van der Waals surface area (Å²) in [6.45, 7) is 6.00. The average molecular weight is 379 g/mol. The molecule has 2 aromatic rings. The number of hydrogen-bond donors (Lipinski definition) is 0. The summed E-state index contributed by atoms with van der Waals surface area (Å²) in [4.78, 5) is 0. The SMILES string of the molecule is C=CCCc1ccc(-c2ccc(C3CCC(CCCCC)CC3)cc2)cc1F. The average Bonchev–Trinajstić information content (AvgIpc) is 2.74. The minimum absolute atomic E-state index is 0.107. The van der Waals surface area contributed by atoms with E-state index in [9.17, 15) is 4.39 Å². The van der Waals surface area contributed by atoms with E-state index in [1.165, 1.54) is 56.9 Å². The van der Waals surface area contributed by atoms with Gasteiger partial charge in [0.05, 0.1) is 0 Å². The van der Waals surface area contributed by atoms with Crippen LogP contribution < -0.4 is 0 Å². The van der Waals surface area contributed by atoms with Gasteiger partial charge >= 0.3 is 0 Å². The van der Waals surface area contributed by atoms with Gasteiger partial charge in [0.25, 0.3) is 0 Å². The summed E-state index contributed by atoms with van der Waals surface area (Å²) in [5.41, 5.74) is 4.30. The molecule has 0 heterocycles. The van der Waals surface area contributed by atoms with Gasteiger partial charge in [-0.05, 0) is 78.7 Å². The molecule has 0 radical (unpaired) electrons. The zero-order valence-corrected chi connectivity index (χ0v) is 17.4. The van der Waals surface area contributed by atoms with Gasteiger partial charge in [-0.1, -0.05) is 75.1 Å². The third-order valence-electron chi connectivity index (χ3n) is 6.45. The summed E-state index contributed by atoms with van der Waals surface area (Å²) < 4.78 is 14.3. The van der Waals surface area contributed by atoms with E-state index in [4.69, 9.17) is 0 Å². The highest BCUT2D eigenvalue weighted by Crippen LogP contribution is 2.38. The van der Waals surface area contributed by atoms with Gasteiger partial charge in [-0.2, -0.15) is 0 Å². The van der Waals surface area contributed by atoms with Gasteiger partial charge in [-0.15, -0.1) is 6.58 Å². The van der Waals surface area contributed by atoms with Crippen molar-refractivity contribution in [3.63, 3.8) is 0 Å². The van der Waals surface area contributed by atoms with E-state index in [0.29, 0.717) is 5.92 Å². The van der Waals surface area contributed by atoms with E-state index in [1.807, 2.05) is 18.2 Å². The van der Waals surface area contributed by atoms with Gasteiger partial charge in [-0.3, -0.25) is 0 Å². The highest BCUT2D eigenvalue weighted by Gasteiger charge is 2.22. The molecule has 0 unspecified atom stereocenters. The van der Waals surface area contributed by atoms with Crippen LogP contribution in [0.4, 0.5) is 4.39 Å². The van der Waals surface area contributed by atoms with Crippen molar-refractivity contribution in [2.24, 2.45) is 5.92 Å². The van der Waals surface area contributed by atoms with Crippen LogP contribution in [-0.2, 0) is 6.42 Å². The maximum absolute atomic E-state index is 14.3. The quantitative estimate of drug-likeness (QED) is 0.303. The predicted octanol–water partition coefficient (Wildman–Crippen LogP) is 8.47. The van der Waals surface area contributed by atoms with Crippen LogP contribution >= 0.6 is 0 Å². The summed E-state index contributed by atoms with van der Waals surface area (Å²) >= 11 is 0. The molecule has 28 heavy (non-hydrogen) atoms. The number of aryl methyl sites for hydroxylation is 1. The van der Waals surface area contributed by atoms with E-state index in [2.05, 4.69) is 37.8 Å². The Bertz CT molecular complexity index is 735. The number of rotatable bonds is 9. The van der Waals surface area contributed by atoms with Crippen LogP contribution in [0.5, 0.6) is 0 Å². The zero-order valence-electron chi connectivity index (χ0n) is 17.4. The highest BCUT2D eigenvalue weighted by atomic mass is 19.1. The molecule has 0 bridgehead atoms. The molecule has 0 N–H and O–H groups in total. The second-order valence-corrected chi connectivity index (χ2v) is 8.47. The molecule has 1 aliphatic rings. The molecule has 1 saturated carbocycles. The lowest BCUT2D eigenvalue weighted by atomic mass is 9.77. The van der Waals surface area contributed by atoms with Gasteiger partial charge in [0.1, 0.15) is 5.82 Å². The molecular weight excluding hydrogens is 343 g/mol.